The number of hydrogen-bond acceptors (Lipinski definition) is 3. The van der Waals surface area contributed by atoms with Gasteiger partial charge in [-0.15, -0.1) is 0 Å². The van der Waals surface area contributed by atoms with E-state index in [4.69, 9.17) is 9.84 Å². The second-order valence-electron chi connectivity index (χ2n) is 3.58. The average molecular weight is 239 g/mol. The van der Waals surface area contributed by atoms with Gasteiger partial charge in [0.25, 0.3) is 0 Å². The van der Waals surface area contributed by atoms with Crippen LogP contribution in [0.5, 0.6) is 0 Å². The number of carbonyl (C=O) groups excluding carboxylic acids is 1. The Labute approximate surface area is 100 Å². The number of nitrogens with zero attached hydrogens (tertiary/aromatic N) is 1. The molecule has 17 heavy (non-hydrogen) atoms. The molecule has 94 valence electrons. The fourth-order valence-electron chi connectivity index (χ4n) is 1.75. The van der Waals surface area contributed by atoms with Crippen molar-refractivity contribution in [1.29, 1.82) is 0 Å². The molecule has 0 saturated heterocycles. The lowest BCUT2D eigenvalue weighted by Crippen LogP contribution is -2.11. The quantitative estimate of drug-likeness (QED) is 0.767. The van der Waals surface area contributed by atoms with Crippen molar-refractivity contribution in [3.63, 3.8) is 0 Å². The van der Waals surface area contributed by atoms with E-state index in [0.717, 1.165) is 5.69 Å². The van der Waals surface area contributed by atoms with Crippen LogP contribution in [0.4, 0.5) is 0 Å². The molecule has 0 saturated carbocycles. The zero-order valence-electron chi connectivity index (χ0n) is 10.1. The first kappa shape index (κ1) is 13.3. The van der Waals surface area contributed by atoms with Crippen LogP contribution < -0.4 is 0 Å². The molecule has 1 aromatic heterocycles. The van der Waals surface area contributed by atoms with E-state index < -0.39 is 5.97 Å². The number of hydrogen-bond donors (Lipinski definition) is 1. The van der Waals surface area contributed by atoms with Crippen LogP contribution in [0, 0.1) is 0 Å². The summed E-state index contributed by atoms with van der Waals surface area (Å²) in [6.45, 7) is 4.47. The minimum atomic E-state index is -0.934. The number of aromatic carboxylic acids is 1. The second kappa shape index (κ2) is 6.08. The molecule has 0 atom stereocenters. The highest BCUT2D eigenvalue weighted by Crippen LogP contribution is 2.13. The molecule has 0 amide bonds. The Balaban J connectivity index is 2.71. The molecule has 0 aliphatic carbocycles. The molecule has 0 radical (unpaired) electrons. The van der Waals surface area contributed by atoms with E-state index in [0.29, 0.717) is 25.1 Å². The van der Waals surface area contributed by atoms with Crippen molar-refractivity contribution in [2.24, 2.45) is 0 Å². The molecule has 1 aromatic rings. The maximum atomic E-state index is 11.2. The Kier molecular flexibility index (Phi) is 4.75. The van der Waals surface area contributed by atoms with Gasteiger partial charge in [0, 0.05) is 18.4 Å². The maximum absolute atomic E-state index is 11.2. The van der Waals surface area contributed by atoms with E-state index in [9.17, 15) is 9.59 Å². The van der Waals surface area contributed by atoms with E-state index in [-0.39, 0.29) is 12.4 Å². The third kappa shape index (κ3) is 3.34. The summed E-state index contributed by atoms with van der Waals surface area (Å²) in [5, 5.41) is 8.97. The molecule has 1 rings (SSSR count). The molecule has 0 fully saturated rings. The molecule has 0 bridgehead atoms. The summed E-state index contributed by atoms with van der Waals surface area (Å²) in [4.78, 5) is 22.1. The molecular weight excluding hydrogens is 222 g/mol. The molecular formula is C12H17NO4. The molecule has 1 heterocycles. The van der Waals surface area contributed by atoms with Gasteiger partial charge in [0.1, 0.15) is 0 Å². The largest absolute Gasteiger partial charge is 0.478 e. The van der Waals surface area contributed by atoms with Crippen molar-refractivity contribution in [2.75, 3.05) is 6.61 Å². The molecule has 0 aliphatic heterocycles. The van der Waals surface area contributed by atoms with Crippen LogP contribution in [0.3, 0.4) is 0 Å². The molecule has 5 nitrogen and oxygen atoms in total. The summed E-state index contributed by atoms with van der Waals surface area (Å²) in [6, 6.07) is 1.56. The van der Waals surface area contributed by atoms with Gasteiger partial charge < -0.3 is 14.4 Å². The van der Waals surface area contributed by atoms with Crippen LogP contribution in [0.2, 0.25) is 0 Å². The second-order valence-corrected chi connectivity index (χ2v) is 3.58. The minimum Gasteiger partial charge on any atom is -0.478 e. The Morgan fingerprint density at radius 1 is 1.41 bits per heavy atom. The molecule has 5 heteroatoms. The zero-order valence-corrected chi connectivity index (χ0v) is 10.1. The lowest BCUT2D eigenvalue weighted by Gasteiger charge is -2.08. The van der Waals surface area contributed by atoms with E-state index in [1.807, 2.05) is 6.92 Å². The van der Waals surface area contributed by atoms with Crippen molar-refractivity contribution >= 4 is 11.9 Å². The highest BCUT2D eigenvalue weighted by Gasteiger charge is 2.14. The summed E-state index contributed by atoms with van der Waals surface area (Å²) in [7, 11) is 0. The Morgan fingerprint density at radius 3 is 2.65 bits per heavy atom. The van der Waals surface area contributed by atoms with E-state index in [1.165, 1.54) is 0 Å². The van der Waals surface area contributed by atoms with Crippen LogP contribution in [0.25, 0.3) is 0 Å². The average Bonchev–Trinajstić information content (AvgIpc) is 2.69. The van der Waals surface area contributed by atoms with Gasteiger partial charge in [-0.3, -0.25) is 4.79 Å². The molecule has 0 spiro atoms. The molecule has 1 N–H and O–H groups in total. The monoisotopic (exact) mass is 239 g/mol. The van der Waals surface area contributed by atoms with Crippen molar-refractivity contribution in [2.45, 2.75) is 33.2 Å². The van der Waals surface area contributed by atoms with Crippen molar-refractivity contribution in [3.8, 4) is 0 Å². The predicted octanol–water partition coefficient (Wildman–Crippen LogP) is 1.70. The molecule has 0 aromatic carbocycles. The first-order valence-corrected chi connectivity index (χ1v) is 5.67. The number of esters is 1. The van der Waals surface area contributed by atoms with Crippen LogP contribution in [-0.4, -0.2) is 28.2 Å². The first-order chi connectivity index (χ1) is 8.10. The van der Waals surface area contributed by atoms with Gasteiger partial charge in [-0.2, -0.15) is 0 Å². The molecule has 0 aliphatic rings. The van der Waals surface area contributed by atoms with Crippen molar-refractivity contribution in [3.05, 3.63) is 23.5 Å². The highest BCUT2D eigenvalue weighted by atomic mass is 16.5. The van der Waals surface area contributed by atoms with Crippen LogP contribution >= 0.6 is 0 Å². The fraction of sp³-hybridized carbons (Fsp3) is 0.500. The number of aryl methyl sites for hydroxylation is 1. The van der Waals surface area contributed by atoms with Gasteiger partial charge in [0.15, 0.2) is 0 Å². The van der Waals surface area contributed by atoms with Gasteiger partial charge in [-0.25, -0.2) is 4.79 Å². The zero-order chi connectivity index (χ0) is 12.8. The van der Waals surface area contributed by atoms with Gasteiger partial charge >= 0.3 is 11.9 Å². The lowest BCUT2D eigenvalue weighted by atomic mass is 10.2. The number of carbonyl (C=O) groups is 2. The molecule has 0 unspecified atom stereocenters. The maximum Gasteiger partial charge on any atom is 0.337 e. The smallest absolute Gasteiger partial charge is 0.337 e. The van der Waals surface area contributed by atoms with Gasteiger partial charge in [-0.1, -0.05) is 6.92 Å². The number of aromatic nitrogens is 1. The number of carboxylic acid groups (broad SMARTS) is 1. The Morgan fingerprint density at radius 2 is 2.12 bits per heavy atom. The summed E-state index contributed by atoms with van der Waals surface area (Å²) in [5.41, 5.74) is 1.04. The third-order valence-electron chi connectivity index (χ3n) is 2.51. The standard InChI is InChI=1S/C12H17NO4/c1-3-10-9(12(15)16)5-7-13(10)8-6-11(14)17-4-2/h5,7H,3-4,6,8H2,1-2H3,(H,15,16). The van der Waals surface area contributed by atoms with Crippen LogP contribution in [0.1, 0.15) is 36.3 Å². The van der Waals surface area contributed by atoms with E-state index in [2.05, 4.69) is 0 Å². The third-order valence-corrected chi connectivity index (χ3v) is 2.51. The van der Waals surface area contributed by atoms with E-state index in [1.54, 1.807) is 23.8 Å². The number of rotatable bonds is 6. The fourth-order valence-corrected chi connectivity index (χ4v) is 1.75. The lowest BCUT2D eigenvalue weighted by molar-refractivity contribution is -0.143. The van der Waals surface area contributed by atoms with Gasteiger partial charge in [0.05, 0.1) is 18.6 Å². The topological polar surface area (TPSA) is 68.5 Å². The minimum absolute atomic E-state index is 0.259. The summed E-state index contributed by atoms with van der Waals surface area (Å²) < 4.78 is 6.61. The van der Waals surface area contributed by atoms with Crippen molar-refractivity contribution < 1.29 is 19.4 Å². The summed E-state index contributed by atoms with van der Waals surface area (Å²) in [5.74, 6) is -1.20. The van der Waals surface area contributed by atoms with Gasteiger partial charge in [0.2, 0.25) is 0 Å². The number of ether oxygens (including phenoxy) is 1. The Hall–Kier alpha value is -1.78. The normalized spacial score (nSPS) is 10.2. The Bertz CT molecular complexity index is 409. The predicted molar refractivity (Wildman–Crippen MR) is 62.0 cm³/mol. The van der Waals surface area contributed by atoms with Gasteiger partial charge in [-0.05, 0) is 19.4 Å². The van der Waals surface area contributed by atoms with E-state index >= 15 is 0 Å². The SMILES string of the molecule is CCOC(=O)CCn1ccc(C(=O)O)c1CC. The van der Waals surface area contributed by atoms with Crippen molar-refractivity contribution in [1.82, 2.24) is 4.57 Å². The number of carboxylic acids is 1. The summed E-state index contributed by atoms with van der Waals surface area (Å²) in [6.07, 6.45) is 2.58. The summed E-state index contributed by atoms with van der Waals surface area (Å²) >= 11 is 0. The van der Waals surface area contributed by atoms with Crippen LogP contribution in [0.15, 0.2) is 12.3 Å². The first-order valence-electron chi connectivity index (χ1n) is 5.67. The highest BCUT2D eigenvalue weighted by molar-refractivity contribution is 5.89. The van der Waals surface area contributed by atoms with Crippen LogP contribution in [-0.2, 0) is 22.5 Å².